The van der Waals surface area contributed by atoms with Crippen LogP contribution >= 0.6 is 0 Å². The van der Waals surface area contributed by atoms with Crippen LogP contribution in [0.1, 0.15) is 24.5 Å². The first-order valence-electron chi connectivity index (χ1n) is 7.54. The van der Waals surface area contributed by atoms with E-state index in [0.717, 1.165) is 5.56 Å². The average Bonchev–Trinajstić information content (AvgIpc) is 2.61. The molecular weight excluding hydrogens is 304 g/mol. The summed E-state index contributed by atoms with van der Waals surface area (Å²) in [7, 11) is 0. The molecule has 24 heavy (non-hydrogen) atoms. The van der Waals surface area contributed by atoms with E-state index < -0.39 is 0 Å². The molecule has 2 rings (SSSR count). The molecule has 1 heterocycles. The van der Waals surface area contributed by atoms with Crippen LogP contribution in [0.3, 0.4) is 0 Å². The van der Waals surface area contributed by atoms with Crippen LogP contribution < -0.4 is 10.2 Å². The molecule has 6 nitrogen and oxygen atoms in total. The molecule has 2 aromatic rings. The molecule has 0 spiro atoms. The van der Waals surface area contributed by atoms with Crippen LogP contribution in [0.25, 0.3) is 0 Å². The van der Waals surface area contributed by atoms with Gasteiger partial charge in [0.25, 0.3) is 0 Å². The molecule has 0 aliphatic rings. The fraction of sp³-hybridized carbons (Fsp3) is 0.222. The van der Waals surface area contributed by atoms with Crippen LogP contribution in [0.4, 0.5) is 5.69 Å². The SMILES string of the molecule is CC(=O)N(CCC(=O)NCc1ccncc1)c1cccc(C#N)c1. The van der Waals surface area contributed by atoms with E-state index in [2.05, 4.69) is 10.3 Å². The number of anilines is 1. The fourth-order valence-corrected chi connectivity index (χ4v) is 2.21. The maximum absolute atomic E-state index is 12.0. The van der Waals surface area contributed by atoms with E-state index in [0.29, 0.717) is 17.8 Å². The molecule has 0 aliphatic carbocycles. The number of hydrogen-bond donors (Lipinski definition) is 1. The summed E-state index contributed by atoms with van der Waals surface area (Å²) in [4.78, 5) is 29.2. The van der Waals surface area contributed by atoms with Crippen molar-refractivity contribution in [1.29, 1.82) is 5.26 Å². The summed E-state index contributed by atoms with van der Waals surface area (Å²) >= 11 is 0. The molecule has 0 aliphatic heterocycles. The average molecular weight is 322 g/mol. The van der Waals surface area contributed by atoms with Crippen molar-refractivity contribution >= 4 is 17.5 Å². The molecule has 1 N–H and O–H groups in total. The summed E-state index contributed by atoms with van der Waals surface area (Å²) < 4.78 is 0. The number of pyridine rings is 1. The lowest BCUT2D eigenvalue weighted by Crippen LogP contribution is -2.33. The van der Waals surface area contributed by atoms with Gasteiger partial charge >= 0.3 is 0 Å². The number of benzene rings is 1. The van der Waals surface area contributed by atoms with Crippen molar-refractivity contribution in [2.45, 2.75) is 19.9 Å². The van der Waals surface area contributed by atoms with Crippen LogP contribution in [-0.4, -0.2) is 23.3 Å². The lowest BCUT2D eigenvalue weighted by molar-refractivity contribution is -0.121. The van der Waals surface area contributed by atoms with Crippen LogP contribution in [0.2, 0.25) is 0 Å². The number of nitrogens with one attached hydrogen (secondary N) is 1. The van der Waals surface area contributed by atoms with Gasteiger partial charge in [-0.05, 0) is 35.9 Å². The van der Waals surface area contributed by atoms with Gasteiger partial charge in [0.1, 0.15) is 0 Å². The summed E-state index contributed by atoms with van der Waals surface area (Å²) in [5, 5.41) is 11.8. The predicted molar refractivity (Wildman–Crippen MR) is 89.9 cm³/mol. The minimum atomic E-state index is -0.174. The Kier molecular flexibility index (Phi) is 6.03. The highest BCUT2D eigenvalue weighted by atomic mass is 16.2. The van der Waals surface area contributed by atoms with Crippen molar-refractivity contribution in [1.82, 2.24) is 10.3 Å². The van der Waals surface area contributed by atoms with Crippen LogP contribution in [0.15, 0.2) is 48.8 Å². The van der Waals surface area contributed by atoms with E-state index in [4.69, 9.17) is 5.26 Å². The maximum Gasteiger partial charge on any atom is 0.223 e. The number of carbonyl (C=O) groups is 2. The van der Waals surface area contributed by atoms with E-state index in [1.165, 1.54) is 11.8 Å². The second-order valence-corrected chi connectivity index (χ2v) is 5.21. The Balaban J connectivity index is 1.92. The van der Waals surface area contributed by atoms with E-state index in [1.807, 2.05) is 18.2 Å². The monoisotopic (exact) mass is 322 g/mol. The first kappa shape index (κ1) is 17.2. The largest absolute Gasteiger partial charge is 0.352 e. The Labute approximate surface area is 140 Å². The molecule has 0 saturated carbocycles. The van der Waals surface area contributed by atoms with Gasteiger partial charge in [-0.3, -0.25) is 14.6 Å². The van der Waals surface area contributed by atoms with Gasteiger partial charge in [0, 0.05) is 44.5 Å². The lowest BCUT2D eigenvalue weighted by atomic mass is 10.2. The smallest absolute Gasteiger partial charge is 0.223 e. The maximum atomic E-state index is 12.0. The minimum Gasteiger partial charge on any atom is -0.352 e. The third-order valence-electron chi connectivity index (χ3n) is 3.47. The zero-order valence-corrected chi connectivity index (χ0v) is 13.4. The highest BCUT2D eigenvalue weighted by molar-refractivity contribution is 5.92. The predicted octanol–water partition coefficient (Wildman–Crippen LogP) is 2.01. The van der Waals surface area contributed by atoms with Crippen molar-refractivity contribution < 1.29 is 9.59 Å². The van der Waals surface area contributed by atoms with E-state index >= 15 is 0 Å². The van der Waals surface area contributed by atoms with Gasteiger partial charge in [-0.1, -0.05) is 6.07 Å². The third kappa shape index (κ3) is 4.92. The number of carbonyl (C=O) groups excluding carboxylic acids is 2. The van der Waals surface area contributed by atoms with E-state index in [1.54, 1.807) is 36.7 Å². The first-order valence-corrected chi connectivity index (χ1v) is 7.54. The molecule has 0 unspecified atom stereocenters. The summed E-state index contributed by atoms with van der Waals surface area (Å²) in [5.41, 5.74) is 2.05. The Morgan fingerprint density at radius 1 is 1.25 bits per heavy atom. The molecule has 0 radical (unpaired) electrons. The standard InChI is InChI=1S/C18H18N4O2/c1-14(23)22(17-4-2-3-16(11-17)12-19)10-7-18(24)21-13-15-5-8-20-9-6-15/h2-6,8-9,11H,7,10,13H2,1H3,(H,21,24). The van der Waals surface area contributed by atoms with Crippen molar-refractivity contribution in [3.63, 3.8) is 0 Å². The molecule has 6 heteroatoms. The number of amides is 2. The topological polar surface area (TPSA) is 86.1 Å². The Hall–Kier alpha value is -3.20. The molecule has 122 valence electrons. The first-order chi connectivity index (χ1) is 11.6. The Bertz CT molecular complexity index is 753. The molecule has 1 aromatic heterocycles. The van der Waals surface area contributed by atoms with Gasteiger partial charge in [0.15, 0.2) is 0 Å². The fourth-order valence-electron chi connectivity index (χ4n) is 2.21. The Morgan fingerprint density at radius 2 is 2.00 bits per heavy atom. The summed E-state index contributed by atoms with van der Waals surface area (Å²) in [6.07, 6.45) is 3.52. The van der Waals surface area contributed by atoms with E-state index in [9.17, 15) is 9.59 Å². The van der Waals surface area contributed by atoms with Crippen LogP contribution in [0, 0.1) is 11.3 Å². The van der Waals surface area contributed by atoms with Gasteiger partial charge < -0.3 is 10.2 Å². The zero-order chi connectivity index (χ0) is 17.4. The van der Waals surface area contributed by atoms with Gasteiger partial charge in [0.05, 0.1) is 11.6 Å². The van der Waals surface area contributed by atoms with Gasteiger partial charge in [0.2, 0.25) is 11.8 Å². The molecule has 0 fully saturated rings. The lowest BCUT2D eigenvalue weighted by Gasteiger charge is -2.21. The van der Waals surface area contributed by atoms with Crippen molar-refractivity contribution in [3.8, 4) is 6.07 Å². The van der Waals surface area contributed by atoms with Crippen LogP contribution in [0.5, 0.6) is 0 Å². The number of aromatic nitrogens is 1. The molecular formula is C18H18N4O2. The molecule has 0 atom stereocenters. The highest BCUT2D eigenvalue weighted by Gasteiger charge is 2.13. The molecule has 2 amide bonds. The zero-order valence-electron chi connectivity index (χ0n) is 13.4. The summed E-state index contributed by atoms with van der Waals surface area (Å²) in [6.45, 7) is 2.12. The number of rotatable bonds is 6. The summed E-state index contributed by atoms with van der Waals surface area (Å²) in [5.74, 6) is -0.318. The van der Waals surface area contributed by atoms with Gasteiger partial charge in [-0.15, -0.1) is 0 Å². The second kappa shape index (κ2) is 8.44. The van der Waals surface area contributed by atoms with Crippen molar-refractivity contribution in [3.05, 3.63) is 59.9 Å². The van der Waals surface area contributed by atoms with Gasteiger partial charge in [-0.2, -0.15) is 5.26 Å². The third-order valence-corrected chi connectivity index (χ3v) is 3.47. The van der Waals surface area contributed by atoms with Crippen LogP contribution in [-0.2, 0) is 16.1 Å². The number of nitrogens with zero attached hydrogens (tertiary/aromatic N) is 3. The van der Waals surface area contributed by atoms with Crippen molar-refractivity contribution in [2.75, 3.05) is 11.4 Å². The molecule has 1 aromatic carbocycles. The highest BCUT2D eigenvalue weighted by Crippen LogP contribution is 2.16. The quantitative estimate of drug-likeness (QED) is 0.881. The summed E-state index contributed by atoms with van der Waals surface area (Å²) in [6, 6.07) is 12.5. The van der Waals surface area contributed by atoms with Gasteiger partial charge in [-0.25, -0.2) is 0 Å². The van der Waals surface area contributed by atoms with Crippen molar-refractivity contribution in [2.24, 2.45) is 0 Å². The molecule has 0 saturated heterocycles. The normalized spacial score (nSPS) is 9.83. The minimum absolute atomic E-state index is 0.144. The number of nitriles is 1. The Morgan fingerprint density at radius 3 is 2.67 bits per heavy atom. The number of hydrogen-bond acceptors (Lipinski definition) is 4. The second-order valence-electron chi connectivity index (χ2n) is 5.21. The molecule has 0 bridgehead atoms. The van der Waals surface area contributed by atoms with E-state index in [-0.39, 0.29) is 24.8 Å².